The number of carbonyl (C=O) groups excluding carboxylic acids is 3. The molecule has 0 aliphatic heterocycles. The number of hydrogen-bond donors (Lipinski definition) is 3. The predicted molar refractivity (Wildman–Crippen MR) is 135 cm³/mol. The molecule has 0 heterocycles. The van der Waals surface area contributed by atoms with Crippen molar-refractivity contribution in [1.29, 1.82) is 0 Å². The summed E-state index contributed by atoms with van der Waals surface area (Å²) in [6.45, 7) is 11.3. The highest BCUT2D eigenvalue weighted by atomic mass is 32.2. The standard InChI is InChI=1S/C25H40N2O7S/c1-16(2)11-20(26)24(30)34-21-13-17(3)12-18(4)23(21)25(5,6)14-22(29)27-15-19(28)9-7-8-10-35(31,32)33/h12-13,16,20H,7-11,14-15,26H2,1-6H3,(H,27,29)(H,31,32,33)/t20-/m0/s1. The number of amides is 1. The van der Waals surface area contributed by atoms with Crippen LogP contribution in [0.25, 0.3) is 0 Å². The average molecular weight is 513 g/mol. The molecule has 0 saturated carbocycles. The minimum Gasteiger partial charge on any atom is -0.425 e. The quantitative estimate of drug-likeness (QED) is 0.149. The smallest absolute Gasteiger partial charge is 0.328 e. The molecule has 1 aromatic carbocycles. The van der Waals surface area contributed by atoms with Crippen LogP contribution in [0.15, 0.2) is 12.1 Å². The lowest BCUT2D eigenvalue weighted by Crippen LogP contribution is -2.37. The van der Waals surface area contributed by atoms with Gasteiger partial charge in [0.25, 0.3) is 10.1 Å². The summed E-state index contributed by atoms with van der Waals surface area (Å²) in [5.41, 5.74) is 7.80. The second-order valence-corrected chi connectivity index (χ2v) is 11.8. The van der Waals surface area contributed by atoms with Gasteiger partial charge in [0.2, 0.25) is 5.91 Å². The van der Waals surface area contributed by atoms with E-state index in [9.17, 15) is 22.8 Å². The number of unbranched alkanes of at least 4 members (excludes halogenated alkanes) is 1. The molecule has 4 N–H and O–H groups in total. The van der Waals surface area contributed by atoms with Crippen LogP contribution in [0.5, 0.6) is 5.75 Å². The van der Waals surface area contributed by atoms with E-state index in [1.165, 1.54) is 0 Å². The molecule has 0 aliphatic carbocycles. The van der Waals surface area contributed by atoms with Gasteiger partial charge in [0.1, 0.15) is 11.8 Å². The molecule has 0 fully saturated rings. The minimum atomic E-state index is -4.04. The number of carbonyl (C=O) groups is 3. The summed E-state index contributed by atoms with van der Waals surface area (Å²) in [6, 6.07) is 2.97. The highest BCUT2D eigenvalue weighted by Crippen LogP contribution is 2.38. The molecule has 0 unspecified atom stereocenters. The van der Waals surface area contributed by atoms with Crippen LogP contribution in [0.4, 0.5) is 0 Å². The average Bonchev–Trinajstić information content (AvgIpc) is 2.67. The molecule has 0 spiro atoms. The van der Waals surface area contributed by atoms with Crippen LogP contribution in [0.2, 0.25) is 0 Å². The molecule has 1 rings (SSSR count). The van der Waals surface area contributed by atoms with E-state index in [0.717, 1.165) is 16.7 Å². The molecule has 0 bridgehead atoms. The predicted octanol–water partition coefficient (Wildman–Crippen LogP) is 2.99. The third-order valence-corrected chi connectivity index (χ3v) is 6.36. The first-order chi connectivity index (χ1) is 16.0. The normalized spacial score (nSPS) is 12.9. The topological polar surface area (TPSA) is 153 Å². The van der Waals surface area contributed by atoms with Crippen LogP contribution in [-0.4, -0.2) is 49.0 Å². The number of hydrogen-bond acceptors (Lipinski definition) is 7. The molecule has 0 aliphatic rings. The van der Waals surface area contributed by atoms with Crippen LogP contribution in [0.3, 0.4) is 0 Å². The van der Waals surface area contributed by atoms with Gasteiger partial charge in [-0.3, -0.25) is 14.1 Å². The van der Waals surface area contributed by atoms with Crippen LogP contribution in [0, 0.1) is 19.8 Å². The van der Waals surface area contributed by atoms with Crippen molar-refractivity contribution in [3.63, 3.8) is 0 Å². The lowest BCUT2D eigenvalue weighted by molar-refractivity contribution is -0.136. The van der Waals surface area contributed by atoms with Crippen molar-refractivity contribution in [2.75, 3.05) is 12.3 Å². The van der Waals surface area contributed by atoms with E-state index < -0.39 is 33.3 Å². The van der Waals surface area contributed by atoms with E-state index in [-0.39, 0.29) is 43.4 Å². The second kappa shape index (κ2) is 13.1. The van der Waals surface area contributed by atoms with Gasteiger partial charge < -0.3 is 15.8 Å². The molecule has 1 amide bonds. The van der Waals surface area contributed by atoms with Crippen molar-refractivity contribution >= 4 is 27.8 Å². The van der Waals surface area contributed by atoms with Crippen LogP contribution >= 0.6 is 0 Å². The zero-order valence-corrected chi connectivity index (χ0v) is 22.5. The molecule has 0 radical (unpaired) electrons. The van der Waals surface area contributed by atoms with Gasteiger partial charge in [-0.15, -0.1) is 0 Å². The van der Waals surface area contributed by atoms with Crippen LogP contribution < -0.4 is 15.8 Å². The summed E-state index contributed by atoms with van der Waals surface area (Å²) in [7, 11) is -4.04. The van der Waals surface area contributed by atoms with Crippen molar-refractivity contribution < 1.29 is 32.1 Å². The lowest BCUT2D eigenvalue weighted by Gasteiger charge is -2.29. The fourth-order valence-electron chi connectivity index (χ4n) is 4.11. The summed E-state index contributed by atoms with van der Waals surface area (Å²) in [6.07, 6.45) is 1.12. The number of rotatable bonds is 14. The molecule has 1 aromatic rings. The summed E-state index contributed by atoms with van der Waals surface area (Å²) < 4.78 is 35.9. The number of ether oxygens (including phenoxy) is 1. The number of Topliss-reactive ketones (excluding diaryl/α,β-unsaturated/α-hetero) is 1. The molecule has 198 valence electrons. The van der Waals surface area contributed by atoms with Gasteiger partial charge in [0, 0.05) is 23.8 Å². The monoisotopic (exact) mass is 512 g/mol. The molecular formula is C25H40N2O7S. The number of benzene rings is 1. The highest BCUT2D eigenvalue weighted by molar-refractivity contribution is 7.85. The van der Waals surface area contributed by atoms with E-state index in [1.54, 1.807) is 6.07 Å². The van der Waals surface area contributed by atoms with Gasteiger partial charge in [-0.2, -0.15) is 8.42 Å². The van der Waals surface area contributed by atoms with Gasteiger partial charge >= 0.3 is 5.97 Å². The first-order valence-electron chi connectivity index (χ1n) is 11.8. The summed E-state index contributed by atoms with van der Waals surface area (Å²) in [4.78, 5) is 37.3. The molecule has 0 saturated heterocycles. The Morgan fingerprint density at radius 2 is 1.77 bits per heavy atom. The highest BCUT2D eigenvalue weighted by Gasteiger charge is 2.31. The van der Waals surface area contributed by atoms with Crippen LogP contribution in [0.1, 0.15) is 76.5 Å². The van der Waals surface area contributed by atoms with E-state index >= 15 is 0 Å². The Morgan fingerprint density at radius 1 is 1.14 bits per heavy atom. The largest absolute Gasteiger partial charge is 0.425 e. The number of esters is 1. The van der Waals surface area contributed by atoms with Gasteiger partial charge in [-0.05, 0) is 56.2 Å². The summed E-state index contributed by atoms with van der Waals surface area (Å²) >= 11 is 0. The first-order valence-corrected chi connectivity index (χ1v) is 13.5. The zero-order chi connectivity index (χ0) is 27.0. The van der Waals surface area contributed by atoms with Crippen molar-refractivity contribution in [2.45, 2.75) is 85.1 Å². The zero-order valence-electron chi connectivity index (χ0n) is 21.6. The first kappa shape index (κ1) is 30.7. The fraction of sp³-hybridized carbons (Fsp3) is 0.640. The van der Waals surface area contributed by atoms with Gasteiger partial charge in [0.05, 0.1) is 12.3 Å². The Kier molecular flexibility index (Phi) is 11.5. The SMILES string of the molecule is Cc1cc(C)c(C(C)(C)CC(=O)NCC(=O)CCCCS(=O)(=O)O)c(OC(=O)[C@@H](N)CC(C)C)c1. The molecule has 10 heteroatoms. The van der Waals surface area contributed by atoms with Crippen LogP contribution in [-0.2, 0) is 29.9 Å². The Morgan fingerprint density at radius 3 is 2.34 bits per heavy atom. The van der Waals surface area contributed by atoms with Crippen molar-refractivity contribution in [3.05, 3.63) is 28.8 Å². The molecular weight excluding hydrogens is 472 g/mol. The number of aryl methyl sites for hydroxylation is 2. The molecule has 0 aromatic heterocycles. The lowest BCUT2D eigenvalue weighted by atomic mass is 9.78. The Balaban J connectivity index is 2.84. The molecule has 9 nitrogen and oxygen atoms in total. The Bertz CT molecular complexity index is 1020. The van der Waals surface area contributed by atoms with E-state index in [4.69, 9.17) is 15.0 Å². The Labute approximate surface area is 208 Å². The maximum Gasteiger partial charge on any atom is 0.328 e. The number of nitrogens with one attached hydrogen (secondary N) is 1. The third kappa shape index (κ3) is 11.3. The maximum atomic E-state index is 12.6. The number of ketones is 1. The van der Waals surface area contributed by atoms with E-state index in [1.807, 2.05) is 47.6 Å². The van der Waals surface area contributed by atoms with Crippen molar-refractivity contribution in [3.8, 4) is 5.75 Å². The van der Waals surface area contributed by atoms with E-state index in [2.05, 4.69) is 5.32 Å². The van der Waals surface area contributed by atoms with Crippen molar-refractivity contribution in [1.82, 2.24) is 5.32 Å². The van der Waals surface area contributed by atoms with Gasteiger partial charge in [-0.1, -0.05) is 33.8 Å². The van der Waals surface area contributed by atoms with Crippen molar-refractivity contribution in [2.24, 2.45) is 11.7 Å². The van der Waals surface area contributed by atoms with Gasteiger partial charge in [0.15, 0.2) is 5.78 Å². The van der Waals surface area contributed by atoms with Gasteiger partial charge in [-0.25, -0.2) is 4.79 Å². The Hall–Kier alpha value is -2.30. The molecule has 1 atom stereocenters. The fourth-order valence-corrected chi connectivity index (χ4v) is 4.68. The summed E-state index contributed by atoms with van der Waals surface area (Å²) in [5, 5.41) is 2.61. The minimum absolute atomic E-state index is 0.0511. The second-order valence-electron chi connectivity index (χ2n) is 10.2. The third-order valence-electron chi connectivity index (χ3n) is 5.55. The summed E-state index contributed by atoms with van der Waals surface area (Å²) in [5.74, 6) is -0.876. The molecule has 35 heavy (non-hydrogen) atoms. The van der Waals surface area contributed by atoms with E-state index in [0.29, 0.717) is 18.6 Å². The maximum absolute atomic E-state index is 12.6. The number of nitrogens with two attached hydrogens (primary N) is 1.